The summed E-state index contributed by atoms with van der Waals surface area (Å²) >= 11 is 0. The van der Waals surface area contributed by atoms with E-state index in [9.17, 15) is 0 Å². The average molecular weight is 316 g/mol. The Morgan fingerprint density at radius 1 is 0.917 bits per heavy atom. The van der Waals surface area contributed by atoms with Gasteiger partial charge in [-0.05, 0) is 47.9 Å². The number of anilines is 1. The van der Waals surface area contributed by atoms with Gasteiger partial charge in [-0.1, -0.05) is 54.6 Å². The van der Waals surface area contributed by atoms with E-state index in [0.29, 0.717) is 6.61 Å². The van der Waals surface area contributed by atoms with Crippen LogP contribution in [0.1, 0.15) is 16.7 Å². The Labute approximate surface area is 142 Å². The second-order valence-corrected chi connectivity index (χ2v) is 5.59. The Balaban J connectivity index is 1.59. The Kier molecular flexibility index (Phi) is 5.25. The number of hydrazone groups is 1. The van der Waals surface area contributed by atoms with Gasteiger partial charge < -0.3 is 4.74 Å². The van der Waals surface area contributed by atoms with Gasteiger partial charge in [-0.2, -0.15) is 5.10 Å². The Hall–Kier alpha value is -3.07. The van der Waals surface area contributed by atoms with Crippen molar-refractivity contribution in [3.8, 4) is 5.75 Å². The van der Waals surface area contributed by atoms with Crippen LogP contribution in [-0.4, -0.2) is 6.21 Å². The number of nitrogens with zero attached hydrogens (tertiary/aromatic N) is 1. The summed E-state index contributed by atoms with van der Waals surface area (Å²) in [6.45, 7) is 2.62. The van der Waals surface area contributed by atoms with E-state index in [0.717, 1.165) is 22.6 Å². The highest BCUT2D eigenvalue weighted by atomic mass is 16.5. The highest BCUT2D eigenvalue weighted by Crippen LogP contribution is 2.14. The second-order valence-electron chi connectivity index (χ2n) is 5.59. The molecular weight excluding hydrogens is 296 g/mol. The molecule has 0 unspecified atom stereocenters. The standard InChI is InChI=1S/C21H20N2O/c1-17-7-5-11-20(13-17)23-22-15-19-10-6-12-21(14-19)24-16-18-8-3-2-4-9-18/h2-15,23H,16H2,1H3/b22-15+. The van der Waals surface area contributed by atoms with Crippen molar-refractivity contribution in [2.24, 2.45) is 5.10 Å². The predicted molar refractivity (Wildman–Crippen MR) is 99.6 cm³/mol. The van der Waals surface area contributed by atoms with Crippen molar-refractivity contribution in [1.82, 2.24) is 0 Å². The quantitative estimate of drug-likeness (QED) is 0.512. The lowest BCUT2D eigenvalue weighted by molar-refractivity contribution is 0.306. The molecule has 0 bridgehead atoms. The van der Waals surface area contributed by atoms with Crippen molar-refractivity contribution in [3.63, 3.8) is 0 Å². The minimum absolute atomic E-state index is 0.559. The molecule has 3 heteroatoms. The molecule has 0 heterocycles. The fourth-order valence-corrected chi connectivity index (χ4v) is 2.32. The Bertz CT molecular complexity index is 813. The maximum Gasteiger partial charge on any atom is 0.120 e. The molecular formula is C21H20N2O. The van der Waals surface area contributed by atoms with E-state index in [1.807, 2.05) is 54.6 Å². The van der Waals surface area contributed by atoms with Crippen LogP contribution in [0.4, 0.5) is 5.69 Å². The van der Waals surface area contributed by atoms with E-state index < -0.39 is 0 Å². The van der Waals surface area contributed by atoms with Crippen molar-refractivity contribution >= 4 is 11.9 Å². The molecule has 0 fully saturated rings. The zero-order valence-corrected chi connectivity index (χ0v) is 13.6. The van der Waals surface area contributed by atoms with Crippen LogP contribution in [0.3, 0.4) is 0 Å². The first kappa shape index (κ1) is 15.8. The second kappa shape index (κ2) is 7.97. The van der Waals surface area contributed by atoms with Gasteiger partial charge in [-0.25, -0.2) is 0 Å². The van der Waals surface area contributed by atoms with E-state index in [-0.39, 0.29) is 0 Å². The molecule has 1 N–H and O–H groups in total. The third-order valence-corrected chi connectivity index (χ3v) is 3.53. The van der Waals surface area contributed by atoms with Crippen molar-refractivity contribution in [3.05, 3.63) is 95.6 Å². The van der Waals surface area contributed by atoms with Crippen LogP contribution in [0.15, 0.2) is 84.0 Å². The summed E-state index contributed by atoms with van der Waals surface area (Å²) in [4.78, 5) is 0. The smallest absolute Gasteiger partial charge is 0.120 e. The summed E-state index contributed by atoms with van der Waals surface area (Å²) in [6, 6.07) is 26.1. The summed E-state index contributed by atoms with van der Waals surface area (Å²) in [5.74, 6) is 0.832. The molecule has 0 spiro atoms. The molecule has 3 aromatic rings. The summed E-state index contributed by atoms with van der Waals surface area (Å²) < 4.78 is 5.83. The van der Waals surface area contributed by atoms with Gasteiger partial charge in [0.05, 0.1) is 11.9 Å². The number of ether oxygens (including phenoxy) is 1. The number of rotatable bonds is 6. The summed E-state index contributed by atoms with van der Waals surface area (Å²) in [5.41, 5.74) is 7.35. The first-order valence-corrected chi connectivity index (χ1v) is 7.92. The van der Waals surface area contributed by atoms with Crippen LogP contribution >= 0.6 is 0 Å². The van der Waals surface area contributed by atoms with E-state index >= 15 is 0 Å². The van der Waals surface area contributed by atoms with Crippen LogP contribution < -0.4 is 10.2 Å². The lowest BCUT2D eigenvalue weighted by Crippen LogP contribution is -1.96. The van der Waals surface area contributed by atoms with Crippen molar-refractivity contribution in [2.45, 2.75) is 13.5 Å². The molecule has 0 aromatic heterocycles. The molecule has 120 valence electrons. The van der Waals surface area contributed by atoms with Crippen LogP contribution in [0.5, 0.6) is 5.75 Å². The van der Waals surface area contributed by atoms with Gasteiger partial charge in [-0.3, -0.25) is 5.43 Å². The number of aryl methyl sites for hydroxylation is 1. The largest absolute Gasteiger partial charge is 0.489 e. The summed E-state index contributed by atoms with van der Waals surface area (Å²) in [7, 11) is 0. The maximum absolute atomic E-state index is 5.83. The van der Waals surface area contributed by atoms with Gasteiger partial charge in [0, 0.05) is 0 Å². The molecule has 3 aromatic carbocycles. The lowest BCUT2D eigenvalue weighted by atomic mass is 10.2. The zero-order chi connectivity index (χ0) is 16.6. The van der Waals surface area contributed by atoms with Gasteiger partial charge in [0.25, 0.3) is 0 Å². The number of hydrogen-bond donors (Lipinski definition) is 1. The van der Waals surface area contributed by atoms with Crippen molar-refractivity contribution in [2.75, 3.05) is 5.43 Å². The van der Waals surface area contributed by atoms with Crippen molar-refractivity contribution < 1.29 is 4.74 Å². The highest BCUT2D eigenvalue weighted by Gasteiger charge is 1.97. The fourth-order valence-electron chi connectivity index (χ4n) is 2.32. The summed E-state index contributed by atoms with van der Waals surface area (Å²) in [6.07, 6.45) is 1.79. The lowest BCUT2D eigenvalue weighted by Gasteiger charge is -2.07. The minimum atomic E-state index is 0.559. The highest BCUT2D eigenvalue weighted by molar-refractivity contribution is 5.80. The average Bonchev–Trinajstić information content (AvgIpc) is 2.61. The normalized spacial score (nSPS) is 10.7. The van der Waals surface area contributed by atoms with E-state index in [1.165, 1.54) is 5.56 Å². The Morgan fingerprint density at radius 2 is 1.75 bits per heavy atom. The predicted octanol–water partition coefficient (Wildman–Crippen LogP) is 5.02. The monoisotopic (exact) mass is 316 g/mol. The first-order chi connectivity index (χ1) is 11.8. The number of benzene rings is 3. The van der Waals surface area contributed by atoms with Crippen LogP contribution in [-0.2, 0) is 6.61 Å². The topological polar surface area (TPSA) is 33.6 Å². The molecule has 0 atom stereocenters. The number of nitrogens with one attached hydrogen (secondary N) is 1. The third kappa shape index (κ3) is 4.71. The molecule has 0 aliphatic rings. The molecule has 0 aliphatic carbocycles. The maximum atomic E-state index is 5.83. The number of hydrogen-bond acceptors (Lipinski definition) is 3. The molecule has 0 aliphatic heterocycles. The molecule has 0 radical (unpaired) electrons. The zero-order valence-electron chi connectivity index (χ0n) is 13.6. The van der Waals surface area contributed by atoms with E-state index in [2.05, 4.69) is 41.7 Å². The molecule has 3 nitrogen and oxygen atoms in total. The van der Waals surface area contributed by atoms with Gasteiger partial charge in [-0.15, -0.1) is 0 Å². The fraction of sp³-hybridized carbons (Fsp3) is 0.0952. The molecule has 24 heavy (non-hydrogen) atoms. The van der Waals surface area contributed by atoms with Gasteiger partial charge >= 0.3 is 0 Å². The summed E-state index contributed by atoms with van der Waals surface area (Å²) in [5, 5.41) is 4.28. The first-order valence-electron chi connectivity index (χ1n) is 7.92. The van der Waals surface area contributed by atoms with Gasteiger partial charge in [0.2, 0.25) is 0 Å². The molecule has 0 saturated carbocycles. The van der Waals surface area contributed by atoms with E-state index in [1.54, 1.807) is 6.21 Å². The van der Waals surface area contributed by atoms with Crippen LogP contribution in [0.25, 0.3) is 0 Å². The Morgan fingerprint density at radius 3 is 2.58 bits per heavy atom. The van der Waals surface area contributed by atoms with Crippen molar-refractivity contribution in [1.29, 1.82) is 0 Å². The van der Waals surface area contributed by atoms with E-state index in [4.69, 9.17) is 4.74 Å². The SMILES string of the molecule is Cc1cccc(N/N=C/c2cccc(OCc3ccccc3)c2)c1. The minimum Gasteiger partial charge on any atom is -0.489 e. The van der Waals surface area contributed by atoms with Crippen LogP contribution in [0.2, 0.25) is 0 Å². The molecule has 3 rings (SSSR count). The van der Waals surface area contributed by atoms with Crippen LogP contribution in [0, 0.1) is 6.92 Å². The molecule has 0 amide bonds. The van der Waals surface area contributed by atoms with Gasteiger partial charge in [0.1, 0.15) is 12.4 Å². The van der Waals surface area contributed by atoms with Gasteiger partial charge in [0.15, 0.2) is 0 Å². The third-order valence-electron chi connectivity index (χ3n) is 3.53. The molecule has 0 saturated heterocycles.